The number of aromatic nitrogens is 3. The van der Waals surface area contributed by atoms with Gasteiger partial charge < -0.3 is 10.8 Å². The molecule has 3 atom stereocenters. The topological polar surface area (TPSA) is 128 Å². The van der Waals surface area contributed by atoms with Crippen molar-refractivity contribution >= 4 is 15.8 Å². The highest BCUT2D eigenvalue weighted by Crippen LogP contribution is 2.31. The van der Waals surface area contributed by atoms with Gasteiger partial charge in [-0.2, -0.15) is 0 Å². The second-order valence-corrected chi connectivity index (χ2v) is 7.94. The van der Waals surface area contributed by atoms with E-state index in [1.54, 1.807) is 10.9 Å². The summed E-state index contributed by atoms with van der Waals surface area (Å²) in [6, 6.07) is -1.02. The smallest absolute Gasteiger partial charge is 0.320 e. The van der Waals surface area contributed by atoms with Crippen molar-refractivity contribution in [3.63, 3.8) is 0 Å². The van der Waals surface area contributed by atoms with Crippen LogP contribution < -0.4 is 5.73 Å². The van der Waals surface area contributed by atoms with Crippen LogP contribution in [0.4, 0.5) is 0 Å². The van der Waals surface area contributed by atoms with Gasteiger partial charge in [0, 0.05) is 18.9 Å². The van der Waals surface area contributed by atoms with E-state index < -0.39 is 21.8 Å². The summed E-state index contributed by atoms with van der Waals surface area (Å²) in [6.07, 6.45) is 5.91. The number of sulfone groups is 1. The van der Waals surface area contributed by atoms with Gasteiger partial charge in [0.1, 0.15) is 15.9 Å². The molecule has 3 unspecified atom stereocenters. The van der Waals surface area contributed by atoms with Crippen molar-refractivity contribution in [1.82, 2.24) is 15.0 Å². The van der Waals surface area contributed by atoms with Gasteiger partial charge in [0.2, 0.25) is 0 Å². The maximum absolute atomic E-state index is 11.7. The molecule has 1 aliphatic carbocycles. The largest absolute Gasteiger partial charge is 0.480 e. The minimum absolute atomic E-state index is 0.0132. The Labute approximate surface area is 123 Å². The SMILES string of the molecule is CS(=O)(=O)C1CCCC(n2cc(CC(N)C(=O)O)nn2)C1. The monoisotopic (exact) mass is 316 g/mol. The van der Waals surface area contributed by atoms with E-state index in [2.05, 4.69) is 10.3 Å². The number of carboxylic acids is 1. The maximum atomic E-state index is 11.7. The summed E-state index contributed by atoms with van der Waals surface area (Å²) in [5.74, 6) is -1.08. The van der Waals surface area contributed by atoms with Crippen molar-refractivity contribution in [2.24, 2.45) is 5.73 Å². The van der Waals surface area contributed by atoms with Crippen LogP contribution in [0.5, 0.6) is 0 Å². The average molecular weight is 316 g/mol. The Morgan fingerprint density at radius 3 is 2.90 bits per heavy atom. The Bertz CT molecular complexity index is 613. The molecule has 1 fully saturated rings. The molecule has 3 N–H and O–H groups in total. The van der Waals surface area contributed by atoms with Gasteiger partial charge in [-0.15, -0.1) is 5.10 Å². The Morgan fingerprint density at radius 1 is 1.57 bits per heavy atom. The lowest BCUT2D eigenvalue weighted by Gasteiger charge is -2.27. The number of nitrogens with zero attached hydrogens (tertiary/aromatic N) is 3. The summed E-state index contributed by atoms with van der Waals surface area (Å²) in [5.41, 5.74) is 5.97. The maximum Gasteiger partial charge on any atom is 0.320 e. The minimum atomic E-state index is -3.05. The summed E-state index contributed by atoms with van der Waals surface area (Å²) >= 11 is 0. The third kappa shape index (κ3) is 4.01. The van der Waals surface area contributed by atoms with Crippen molar-refractivity contribution < 1.29 is 18.3 Å². The molecule has 0 aliphatic heterocycles. The van der Waals surface area contributed by atoms with Crippen molar-refractivity contribution in [2.45, 2.75) is 49.4 Å². The molecule has 8 nitrogen and oxygen atoms in total. The second kappa shape index (κ2) is 6.10. The van der Waals surface area contributed by atoms with Crippen LogP contribution in [0.3, 0.4) is 0 Å². The van der Waals surface area contributed by atoms with E-state index in [1.165, 1.54) is 6.26 Å². The zero-order valence-electron chi connectivity index (χ0n) is 11.8. The lowest BCUT2D eigenvalue weighted by atomic mass is 9.95. The molecule has 1 aromatic heterocycles. The van der Waals surface area contributed by atoms with Crippen LogP contribution in [-0.2, 0) is 21.1 Å². The van der Waals surface area contributed by atoms with E-state index in [1.807, 2.05) is 0 Å². The summed E-state index contributed by atoms with van der Waals surface area (Å²) in [4.78, 5) is 10.7. The zero-order chi connectivity index (χ0) is 15.6. The summed E-state index contributed by atoms with van der Waals surface area (Å²) < 4.78 is 25.0. The normalized spacial score (nSPS) is 24.7. The molecule has 2 rings (SSSR count). The van der Waals surface area contributed by atoms with Gasteiger partial charge in [0.15, 0.2) is 0 Å². The standard InChI is InChI=1S/C12H20N4O4S/c1-21(19,20)10-4-2-3-9(6-10)16-7-8(14-15-16)5-11(13)12(17)18/h7,9-11H,2-6,13H2,1H3,(H,17,18). The minimum Gasteiger partial charge on any atom is -0.480 e. The van der Waals surface area contributed by atoms with Crippen molar-refractivity contribution in [1.29, 1.82) is 0 Å². The molecule has 0 saturated heterocycles. The molecule has 1 aliphatic rings. The van der Waals surface area contributed by atoms with Crippen molar-refractivity contribution in [3.05, 3.63) is 11.9 Å². The van der Waals surface area contributed by atoms with Gasteiger partial charge in [-0.1, -0.05) is 11.6 Å². The van der Waals surface area contributed by atoms with Gasteiger partial charge in [-0.05, 0) is 19.3 Å². The molecule has 1 aromatic rings. The van der Waals surface area contributed by atoms with Crippen LogP contribution in [0.2, 0.25) is 0 Å². The van der Waals surface area contributed by atoms with Gasteiger partial charge in [0.05, 0.1) is 17.0 Å². The van der Waals surface area contributed by atoms with E-state index in [-0.39, 0.29) is 17.7 Å². The fourth-order valence-corrected chi connectivity index (χ4v) is 3.81. The Hall–Kier alpha value is -1.48. The van der Waals surface area contributed by atoms with E-state index in [4.69, 9.17) is 10.8 Å². The molecule has 9 heteroatoms. The number of nitrogens with two attached hydrogens (primary N) is 1. The van der Waals surface area contributed by atoms with Crippen LogP contribution >= 0.6 is 0 Å². The second-order valence-electron chi connectivity index (χ2n) is 5.61. The van der Waals surface area contributed by atoms with Crippen molar-refractivity contribution in [2.75, 3.05) is 6.26 Å². The fraction of sp³-hybridized carbons (Fsp3) is 0.750. The molecule has 118 valence electrons. The lowest BCUT2D eigenvalue weighted by Crippen LogP contribution is -2.32. The van der Waals surface area contributed by atoms with Crippen LogP contribution in [-0.4, -0.2) is 52.0 Å². The average Bonchev–Trinajstić information content (AvgIpc) is 2.86. The van der Waals surface area contributed by atoms with Crippen molar-refractivity contribution in [3.8, 4) is 0 Å². The summed E-state index contributed by atoms with van der Waals surface area (Å²) in [5, 5.41) is 16.3. The first-order valence-corrected chi connectivity index (χ1v) is 8.81. The lowest BCUT2D eigenvalue weighted by molar-refractivity contribution is -0.138. The molecular weight excluding hydrogens is 296 g/mol. The number of hydrogen-bond donors (Lipinski definition) is 2. The molecule has 0 amide bonds. The van der Waals surface area contributed by atoms with E-state index in [9.17, 15) is 13.2 Å². The molecule has 0 radical (unpaired) electrons. The van der Waals surface area contributed by atoms with E-state index in [0.717, 1.165) is 12.8 Å². The highest BCUT2D eigenvalue weighted by atomic mass is 32.2. The molecule has 1 saturated carbocycles. The third-order valence-electron chi connectivity index (χ3n) is 3.88. The van der Waals surface area contributed by atoms with Gasteiger partial charge >= 0.3 is 5.97 Å². The molecule has 0 spiro atoms. The Balaban J connectivity index is 2.05. The van der Waals surface area contributed by atoms with Crippen LogP contribution in [0.25, 0.3) is 0 Å². The third-order valence-corrected chi connectivity index (χ3v) is 5.52. The van der Waals surface area contributed by atoms with Gasteiger partial charge in [-0.25, -0.2) is 13.1 Å². The highest BCUT2D eigenvalue weighted by molar-refractivity contribution is 7.91. The number of hydrogen-bond acceptors (Lipinski definition) is 6. The quantitative estimate of drug-likeness (QED) is 0.767. The molecule has 21 heavy (non-hydrogen) atoms. The van der Waals surface area contributed by atoms with Gasteiger partial charge in [-0.3, -0.25) is 4.79 Å². The number of carbonyl (C=O) groups is 1. The zero-order valence-corrected chi connectivity index (χ0v) is 12.7. The molecule has 0 bridgehead atoms. The van der Waals surface area contributed by atoms with E-state index >= 15 is 0 Å². The fourth-order valence-electron chi connectivity index (χ4n) is 2.65. The predicted octanol–water partition coefficient (Wildman–Crippen LogP) is -0.239. The molecular formula is C12H20N4O4S. The van der Waals surface area contributed by atoms with Gasteiger partial charge in [0.25, 0.3) is 0 Å². The first-order chi connectivity index (χ1) is 9.77. The number of carboxylic acid groups (broad SMARTS) is 1. The van der Waals surface area contributed by atoms with Crippen LogP contribution in [0.1, 0.15) is 37.4 Å². The summed E-state index contributed by atoms with van der Waals surface area (Å²) in [6.45, 7) is 0. The first kappa shape index (κ1) is 15.9. The van der Waals surface area contributed by atoms with E-state index in [0.29, 0.717) is 18.5 Å². The Kier molecular flexibility index (Phi) is 4.62. The first-order valence-electron chi connectivity index (χ1n) is 6.85. The molecule has 0 aromatic carbocycles. The summed E-state index contributed by atoms with van der Waals surface area (Å²) in [7, 11) is -3.05. The Morgan fingerprint density at radius 2 is 2.29 bits per heavy atom. The van der Waals surface area contributed by atoms with Crippen LogP contribution in [0.15, 0.2) is 6.20 Å². The molecule has 1 heterocycles. The van der Waals surface area contributed by atoms with Crippen LogP contribution in [0, 0.1) is 0 Å². The number of aliphatic carboxylic acids is 1. The number of rotatable bonds is 5. The highest BCUT2D eigenvalue weighted by Gasteiger charge is 2.30. The predicted molar refractivity (Wildman–Crippen MR) is 75.5 cm³/mol.